The fourth-order valence-corrected chi connectivity index (χ4v) is 3.77. The summed E-state index contributed by atoms with van der Waals surface area (Å²) in [5.41, 5.74) is 2.01. The first-order chi connectivity index (χ1) is 12.0. The number of likely N-dealkylation sites (tertiary alicyclic amines) is 1. The zero-order valence-corrected chi connectivity index (χ0v) is 14.6. The van der Waals surface area contributed by atoms with Crippen molar-refractivity contribution in [2.24, 2.45) is 0 Å². The van der Waals surface area contributed by atoms with Gasteiger partial charge in [-0.05, 0) is 25.2 Å². The smallest absolute Gasteiger partial charge is 0.246 e. The molecule has 2 fully saturated rings. The minimum Gasteiger partial charge on any atom is -0.343 e. The van der Waals surface area contributed by atoms with Gasteiger partial charge in [0.1, 0.15) is 11.7 Å². The maximum Gasteiger partial charge on any atom is 0.246 e. The first-order valence-corrected chi connectivity index (χ1v) is 8.71. The summed E-state index contributed by atoms with van der Waals surface area (Å²) < 4.78 is 0. The SMILES string of the molecule is CC(=O)N1CCN(C)C[C@@H]1C(=O)N1CC(c2cc3cccnc3[nH]2)C1. The maximum atomic E-state index is 12.9. The Bertz CT molecular complexity index is 778. The van der Waals surface area contributed by atoms with Crippen molar-refractivity contribution in [3.05, 3.63) is 30.1 Å². The average Bonchev–Trinajstić information content (AvgIpc) is 2.96. The third kappa shape index (κ3) is 2.89. The fraction of sp³-hybridized carbons (Fsp3) is 0.500. The van der Waals surface area contributed by atoms with Crippen molar-refractivity contribution in [3.8, 4) is 0 Å². The van der Waals surface area contributed by atoms with Gasteiger partial charge in [0.05, 0.1) is 0 Å². The van der Waals surface area contributed by atoms with Crippen LogP contribution in [0.4, 0.5) is 0 Å². The molecule has 2 amide bonds. The zero-order valence-electron chi connectivity index (χ0n) is 14.6. The van der Waals surface area contributed by atoms with Crippen LogP contribution in [0.5, 0.6) is 0 Å². The van der Waals surface area contributed by atoms with Crippen LogP contribution in [0.15, 0.2) is 24.4 Å². The molecular formula is C18H23N5O2. The van der Waals surface area contributed by atoms with E-state index < -0.39 is 0 Å². The van der Waals surface area contributed by atoms with Gasteiger partial charge in [0.25, 0.3) is 0 Å². The first kappa shape index (κ1) is 16.1. The minimum absolute atomic E-state index is 0.0229. The molecule has 2 aliphatic rings. The highest BCUT2D eigenvalue weighted by molar-refractivity contribution is 5.88. The van der Waals surface area contributed by atoms with Crippen molar-refractivity contribution in [1.29, 1.82) is 0 Å². The average molecular weight is 341 g/mol. The summed E-state index contributed by atoms with van der Waals surface area (Å²) in [6.07, 6.45) is 1.77. The number of carbonyl (C=O) groups is 2. The van der Waals surface area contributed by atoms with Crippen LogP contribution in [0, 0.1) is 0 Å². The number of hydrogen-bond acceptors (Lipinski definition) is 4. The van der Waals surface area contributed by atoms with E-state index in [1.165, 1.54) is 0 Å². The summed E-state index contributed by atoms with van der Waals surface area (Å²) in [4.78, 5) is 38.1. The Morgan fingerprint density at radius 2 is 2.04 bits per heavy atom. The lowest BCUT2D eigenvalue weighted by molar-refractivity contribution is -0.151. The molecule has 0 spiro atoms. The van der Waals surface area contributed by atoms with Crippen molar-refractivity contribution in [2.75, 3.05) is 39.8 Å². The van der Waals surface area contributed by atoms with E-state index in [-0.39, 0.29) is 17.9 Å². The molecule has 0 aliphatic carbocycles. The van der Waals surface area contributed by atoms with E-state index in [0.29, 0.717) is 32.1 Å². The number of nitrogens with zero attached hydrogens (tertiary/aromatic N) is 4. The molecule has 1 atom stereocenters. The van der Waals surface area contributed by atoms with E-state index in [0.717, 1.165) is 23.3 Å². The highest BCUT2D eigenvalue weighted by Gasteiger charge is 2.40. The van der Waals surface area contributed by atoms with Crippen LogP contribution in [0.25, 0.3) is 11.0 Å². The fourth-order valence-electron chi connectivity index (χ4n) is 3.77. The normalized spacial score (nSPS) is 22.2. The van der Waals surface area contributed by atoms with Crippen LogP contribution in [0.1, 0.15) is 18.5 Å². The molecule has 2 aromatic rings. The molecule has 132 valence electrons. The number of pyridine rings is 1. The van der Waals surface area contributed by atoms with Crippen LogP contribution in [0.2, 0.25) is 0 Å². The van der Waals surface area contributed by atoms with E-state index in [1.54, 1.807) is 18.0 Å². The molecule has 0 saturated carbocycles. The Morgan fingerprint density at radius 1 is 1.24 bits per heavy atom. The Balaban J connectivity index is 1.43. The van der Waals surface area contributed by atoms with E-state index >= 15 is 0 Å². The van der Waals surface area contributed by atoms with Crippen molar-refractivity contribution in [1.82, 2.24) is 24.7 Å². The molecule has 2 saturated heterocycles. The number of nitrogens with one attached hydrogen (secondary N) is 1. The number of aromatic nitrogens is 2. The standard InChI is InChI=1S/C18H23N5O2/c1-12(24)23-7-6-21(2)11-16(23)18(25)22-9-14(10-22)15-8-13-4-3-5-19-17(13)20-15/h3-5,8,14,16H,6-7,9-11H2,1-2H3,(H,19,20)/t16-/m1/s1. The van der Waals surface area contributed by atoms with E-state index in [1.807, 2.05) is 24.1 Å². The van der Waals surface area contributed by atoms with Crippen LogP contribution >= 0.6 is 0 Å². The van der Waals surface area contributed by atoms with E-state index in [2.05, 4.69) is 20.9 Å². The third-order valence-electron chi connectivity index (χ3n) is 5.32. The second-order valence-electron chi connectivity index (χ2n) is 7.10. The lowest BCUT2D eigenvalue weighted by Gasteiger charge is -2.45. The van der Waals surface area contributed by atoms with Gasteiger partial charge in [-0.3, -0.25) is 9.59 Å². The highest BCUT2D eigenvalue weighted by atomic mass is 16.2. The van der Waals surface area contributed by atoms with E-state index in [9.17, 15) is 9.59 Å². The Kier molecular flexibility index (Phi) is 3.95. The molecule has 2 aliphatic heterocycles. The third-order valence-corrected chi connectivity index (χ3v) is 5.32. The largest absolute Gasteiger partial charge is 0.343 e. The topological polar surface area (TPSA) is 72.5 Å². The number of aromatic amines is 1. The lowest BCUT2D eigenvalue weighted by Crippen LogP contribution is -2.63. The van der Waals surface area contributed by atoms with Gasteiger partial charge >= 0.3 is 0 Å². The maximum absolute atomic E-state index is 12.9. The number of carbonyl (C=O) groups excluding carboxylic acids is 2. The van der Waals surface area contributed by atoms with Crippen molar-refractivity contribution in [2.45, 2.75) is 18.9 Å². The lowest BCUT2D eigenvalue weighted by atomic mass is 9.94. The Labute approximate surface area is 146 Å². The van der Waals surface area contributed by atoms with Crippen LogP contribution in [-0.2, 0) is 9.59 Å². The molecular weight excluding hydrogens is 318 g/mol. The van der Waals surface area contributed by atoms with Gasteiger partial charge in [0, 0.05) is 62.8 Å². The van der Waals surface area contributed by atoms with Crippen LogP contribution in [0.3, 0.4) is 0 Å². The number of fused-ring (bicyclic) bond motifs is 1. The van der Waals surface area contributed by atoms with Crippen molar-refractivity contribution < 1.29 is 9.59 Å². The predicted molar refractivity (Wildman–Crippen MR) is 94.1 cm³/mol. The molecule has 7 nitrogen and oxygen atoms in total. The number of likely N-dealkylation sites (N-methyl/N-ethyl adjacent to an activating group) is 1. The quantitative estimate of drug-likeness (QED) is 0.871. The molecule has 7 heteroatoms. The number of hydrogen-bond donors (Lipinski definition) is 1. The van der Waals surface area contributed by atoms with Crippen LogP contribution < -0.4 is 0 Å². The van der Waals surface area contributed by atoms with Gasteiger partial charge < -0.3 is 19.7 Å². The Hall–Kier alpha value is -2.41. The summed E-state index contributed by atoms with van der Waals surface area (Å²) in [5, 5.41) is 1.10. The molecule has 1 N–H and O–H groups in total. The Morgan fingerprint density at radius 3 is 2.76 bits per heavy atom. The molecule has 0 aromatic carbocycles. The molecule has 0 radical (unpaired) electrons. The van der Waals surface area contributed by atoms with Gasteiger partial charge in [-0.25, -0.2) is 4.98 Å². The van der Waals surface area contributed by atoms with Gasteiger partial charge in [-0.2, -0.15) is 0 Å². The zero-order chi connectivity index (χ0) is 17.6. The molecule has 0 bridgehead atoms. The number of amides is 2. The summed E-state index contributed by atoms with van der Waals surface area (Å²) in [6, 6.07) is 5.71. The van der Waals surface area contributed by atoms with Crippen molar-refractivity contribution >= 4 is 22.8 Å². The number of piperazine rings is 1. The van der Waals surface area contributed by atoms with Crippen LogP contribution in [-0.4, -0.2) is 82.3 Å². The van der Waals surface area contributed by atoms with Gasteiger partial charge in [0.15, 0.2) is 0 Å². The number of H-pyrrole nitrogens is 1. The van der Waals surface area contributed by atoms with Crippen molar-refractivity contribution in [3.63, 3.8) is 0 Å². The molecule has 0 unspecified atom stereocenters. The molecule has 4 rings (SSSR count). The first-order valence-electron chi connectivity index (χ1n) is 8.71. The second kappa shape index (κ2) is 6.15. The summed E-state index contributed by atoms with van der Waals surface area (Å²) in [6.45, 7) is 4.97. The summed E-state index contributed by atoms with van der Waals surface area (Å²) >= 11 is 0. The molecule has 2 aromatic heterocycles. The molecule has 4 heterocycles. The van der Waals surface area contributed by atoms with Gasteiger partial charge in [-0.15, -0.1) is 0 Å². The highest BCUT2D eigenvalue weighted by Crippen LogP contribution is 2.29. The number of rotatable bonds is 2. The minimum atomic E-state index is -0.360. The van der Waals surface area contributed by atoms with Gasteiger partial charge in [0.2, 0.25) is 11.8 Å². The summed E-state index contributed by atoms with van der Waals surface area (Å²) in [5.74, 6) is 0.350. The van der Waals surface area contributed by atoms with Gasteiger partial charge in [-0.1, -0.05) is 0 Å². The monoisotopic (exact) mass is 341 g/mol. The summed E-state index contributed by atoms with van der Waals surface area (Å²) in [7, 11) is 1.99. The predicted octanol–water partition coefficient (Wildman–Crippen LogP) is 0.651. The molecule has 25 heavy (non-hydrogen) atoms. The second-order valence-corrected chi connectivity index (χ2v) is 7.10. The van der Waals surface area contributed by atoms with E-state index in [4.69, 9.17) is 0 Å².